The van der Waals surface area contributed by atoms with E-state index in [0.717, 1.165) is 16.7 Å². The van der Waals surface area contributed by atoms with E-state index in [1.165, 1.54) is 23.5 Å². The van der Waals surface area contributed by atoms with Gasteiger partial charge in [-0.1, -0.05) is 86.2 Å². The molecule has 34 heavy (non-hydrogen) atoms. The van der Waals surface area contributed by atoms with Gasteiger partial charge in [-0.25, -0.2) is 4.79 Å². The van der Waals surface area contributed by atoms with Crippen molar-refractivity contribution in [2.75, 3.05) is 7.05 Å². The number of nitrogens with one attached hydrogen (secondary N) is 1. The van der Waals surface area contributed by atoms with Crippen molar-refractivity contribution in [2.24, 2.45) is 0 Å². The summed E-state index contributed by atoms with van der Waals surface area (Å²) in [6.07, 6.45) is 1.70. The highest BCUT2D eigenvalue weighted by Gasteiger charge is 2.28. The number of benzene rings is 2. The zero-order chi connectivity index (χ0) is 25.1. The topological polar surface area (TPSA) is 82.8 Å². The van der Waals surface area contributed by atoms with Crippen LogP contribution in [0, 0.1) is 6.92 Å². The molecule has 1 aromatic heterocycles. The molecular weight excluding hydrogens is 448 g/mol. The molecule has 3 aromatic rings. The van der Waals surface area contributed by atoms with Crippen LogP contribution in [0.4, 0.5) is 0 Å². The van der Waals surface area contributed by atoms with E-state index in [2.05, 4.69) is 5.32 Å². The van der Waals surface area contributed by atoms with Crippen molar-refractivity contribution in [1.29, 1.82) is 0 Å². The average Bonchev–Trinajstić information content (AvgIpc) is 3.32. The highest BCUT2D eigenvalue weighted by molar-refractivity contribution is 7.78. The normalized spacial score (nSPS) is 11.6. The summed E-state index contributed by atoms with van der Waals surface area (Å²) in [5.74, 6) is -0.503. The second kappa shape index (κ2) is 13.1. The predicted molar refractivity (Wildman–Crippen MR) is 139 cm³/mol. The number of thiocarbonyl (C=S) groups is 1. The van der Waals surface area contributed by atoms with Gasteiger partial charge < -0.3 is 19.7 Å². The van der Waals surface area contributed by atoms with Crippen molar-refractivity contribution < 1.29 is 19.1 Å². The SMILES string of the molecule is CC.Cc1ccc(-c2ccc(/C=C(/NC=S)C(=O)N(C)C(Cc3ccccc3)C(=O)O)o2)cc1. The molecule has 1 atom stereocenters. The number of likely N-dealkylation sites (N-methyl/N-ethyl adjacent to an activating group) is 1. The predicted octanol–water partition coefficient (Wildman–Crippen LogP) is 5.32. The van der Waals surface area contributed by atoms with Crippen LogP contribution in [0.3, 0.4) is 0 Å². The Morgan fingerprint density at radius 1 is 1.06 bits per heavy atom. The minimum atomic E-state index is -1.09. The number of rotatable bonds is 9. The minimum Gasteiger partial charge on any atom is -0.480 e. The van der Waals surface area contributed by atoms with Crippen LogP contribution in [0.1, 0.15) is 30.7 Å². The fourth-order valence-corrected chi connectivity index (χ4v) is 3.36. The molecule has 0 aliphatic rings. The molecule has 0 bridgehead atoms. The van der Waals surface area contributed by atoms with Crippen LogP contribution in [0.25, 0.3) is 17.4 Å². The zero-order valence-corrected chi connectivity index (χ0v) is 20.6. The van der Waals surface area contributed by atoms with Crippen molar-refractivity contribution in [3.63, 3.8) is 0 Å². The van der Waals surface area contributed by atoms with Gasteiger partial charge in [0.25, 0.3) is 5.91 Å². The lowest BCUT2D eigenvalue weighted by atomic mass is 10.0. The van der Waals surface area contributed by atoms with Gasteiger partial charge in [0.2, 0.25) is 0 Å². The Bertz CT molecular complexity index is 1120. The third-order valence-electron chi connectivity index (χ3n) is 5.04. The Labute approximate surface area is 205 Å². The van der Waals surface area contributed by atoms with Gasteiger partial charge in [0.15, 0.2) is 0 Å². The third-order valence-corrected chi connectivity index (χ3v) is 5.16. The zero-order valence-electron chi connectivity index (χ0n) is 19.8. The highest BCUT2D eigenvalue weighted by Crippen LogP contribution is 2.24. The Morgan fingerprint density at radius 2 is 1.71 bits per heavy atom. The summed E-state index contributed by atoms with van der Waals surface area (Å²) in [5, 5.41) is 12.5. The molecule has 0 radical (unpaired) electrons. The van der Waals surface area contributed by atoms with E-state index in [9.17, 15) is 14.7 Å². The number of hydrogen-bond acceptors (Lipinski definition) is 4. The Hall–Kier alpha value is -3.71. The van der Waals surface area contributed by atoms with Crippen LogP contribution in [-0.4, -0.2) is 40.5 Å². The Balaban J connectivity index is 0.00000199. The van der Waals surface area contributed by atoms with Crippen molar-refractivity contribution in [1.82, 2.24) is 10.2 Å². The van der Waals surface area contributed by atoms with Crippen LogP contribution in [0.2, 0.25) is 0 Å². The van der Waals surface area contributed by atoms with E-state index in [1.54, 1.807) is 6.07 Å². The first-order valence-corrected chi connectivity index (χ1v) is 11.5. The van der Waals surface area contributed by atoms with Gasteiger partial charge in [0.05, 0.1) is 5.49 Å². The van der Waals surface area contributed by atoms with Gasteiger partial charge in [-0.3, -0.25) is 4.79 Å². The number of furan rings is 1. The fraction of sp³-hybridized carbons (Fsp3) is 0.222. The molecule has 178 valence electrons. The van der Waals surface area contributed by atoms with Crippen LogP contribution >= 0.6 is 12.2 Å². The molecule has 0 fully saturated rings. The lowest BCUT2D eigenvalue weighted by molar-refractivity contribution is -0.147. The van der Waals surface area contributed by atoms with Crippen molar-refractivity contribution in [3.05, 3.63) is 89.3 Å². The monoisotopic (exact) mass is 478 g/mol. The first-order valence-electron chi connectivity index (χ1n) is 11.0. The summed E-state index contributed by atoms with van der Waals surface area (Å²) in [6, 6.07) is 19.6. The Morgan fingerprint density at radius 3 is 2.29 bits per heavy atom. The average molecular weight is 479 g/mol. The number of carboxylic acid groups (broad SMARTS) is 1. The number of hydrogen-bond donors (Lipinski definition) is 2. The van der Waals surface area contributed by atoms with Crippen molar-refractivity contribution in [3.8, 4) is 11.3 Å². The number of nitrogens with zero attached hydrogens (tertiary/aromatic N) is 1. The molecule has 0 aliphatic heterocycles. The van der Waals surface area contributed by atoms with E-state index < -0.39 is 17.9 Å². The number of amides is 1. The molecule has 7 heteroatoms. The van der Waals surface area contributed by atoms with Crippen LogP contribution in [0.5, 0.6) is 0 Å². The molecule has 2 aromatic carbocycles. The standard InChI is InChI=1S/C25H24N2O4S.C2H6/c1-17-8-10-19(11-9-17)23-13-12-20(31-23)15-21(26-16-32)24(28)27(2)22(25(29)30)14-18-6-4-3-5-7-18;1-2/h3-13,15-16,22H,14H2,1-2H3,(H,26,32)(H,29,30);1-2H3/b21-15+;. The molecule has 1 amide bonds. The molecule has 0 spiro atoms. The lowest BCUT2D eigenvalue weighted by Gasteiger charge is -2.26. The smallest absolute Gasteiger partial charge is 0.326 e. The summed E-state index contributed by atoms with van der Waals surface area (Å²) in [5.41, 5.74) is 4.20. The summed E-state index contributed by atoms with van der Waals surface area (Å²) in [4.78, 5) is 26.2. The minimum absolute atomic E-state index is 0.117. The van der Waals surface area contributed by atoms with E-state index in [-0.39, 0.29) is 12.1 Å². The summed E-state index contributed by atoms with van der Waals surface area (Å²) in [6.45, 7) is 6.01. The van der Waals surface area contributed by atoms with Gasteiger partial charge in [-0.15, -0.1) is 0 Å². The second-order valence-corrected chi connectivity index (χ2v) is 7.58. The summed E-state index contributed by atoms with van der Waals surface area (Å²) < 4.78 is 5.87. The Kier molecular flexibility index (Phi) is 10.2. The maximum Gasteiger partial charge on any atom is 0.326 e. The van der Waals surface area contributed by atoms with Crippen LogP contribution < -0.4 is 5.32 Å². The quantitative estimate of drug-likeness (QED) is 0.320. The second-order valence-electron chi connectivity index (χ2n) is 7.35. The first-order chi connectivity index (χ1) is 16.4. The van der Waals surface area contributed by atoms with Crippen molar-refractivity contribution >= 4 is 35.7 Å². The molecule has 0 saturated carbocycles. The number of carboxylic acids is 1. The highest BCUT2D eigenvalue weighted by atomic mass is 32.1. The van der Waals surface area contributed by atoms with E-state index >= 15 is 0 Å². The molecule has 0 saturated heterocycles. The number of carbonyl (C=O) groups excluding carboxylic acids is 1. The number of aliphatic carboxylic acids is 1. The molecule has 1 heterocycles. The summed E-state index contributed by atoms with van der Waals surface area (Å²) in [7, 11) is 1.46. The number of aryl methyl sites for hydroxylation is 1. The van der Waals surface area contributed by atoms with Crippen LogP contribution in [-0.2, 0) is 16.0 Å². The first kappa shape index (κ1) is 26.5. The molecule has 3 rings (SSSR count). The lowest BCUT2D eigenvalue weighted by Crippen LogP contribution is -2.46. The van der Waals surface area contributed by atoms with E-state index in [4.69, 9.17) is 16.6 Å². The van der Waals surface area contributed by atoms with Crippen molar-refractivity contribution in [2.45, 2.75) is 33.2 Å². The molecular formula is C27H30N2O4S. The summed E-state index contributed by atoms with van der Waals surface area (Å²) >= 11 is 4.87. The van der Waals surface area contributed by atoms with Gasteiger partial charge in [-0.05, 0) is 24.6 Å². The maximum atomic E-state index is 13.1. The molecule has 0 aliphatic carbocycles. The maximum absolute atomic E-state index is 13.1. The van der Waals surface area contributed by atoms with E-state index in [0.29, 0.717) is 11.5 Å². The van der Waals surface area contributed by atoms with Gasteiger partial charge in [0, 0.05) is 25.1 Å². The molecule has 2 N–H and O–H groups in total. The van der Waals surface area contributed by atoms with Crippen LogP contribution in [0.15, 0.2) is 76.8 Å². The third kappa shape index (κ3) is 7.15. The van der Waals surface area contributed by atoms with E-state index in [1.807, 2.05) is 81.4 Å². The molecule has 6 nitrogen and oxygen atoms in total. The number of carbonyl (C=O) groups is 2. The largest absolute Gasteiger partial charge is 0.480 e. The molecule has 1 unspecified atom stereocenters. The van der Waals surface area contributed by atoms with Gasteiger partial charge >= 0.3 is 5.97 Å². The fourth-order valence-electron chi connectivity index (χ4n) is 3.23. The van der Waals surface area contributed by atoms with Gasteiger partial charge in [0.1, 0.15) is 23.3 Å². The van der Waals surface area contributed by atoms with Gasteiger partial charge in [-0.2, -0.15) is 0 Å².